The summed E-state index contributed by atoms with van der Waals surface area (Å²) < 4.78 is 0. The fraction of sp³-hybridized carbons (Fsp3) is 0.529. The Morgan fingerprint density at radius 2 is 1.73 bits per heavy atom. The van der Waals surface area contributed by atoms with E-state index in [2.05, 4.69) is 10.6 Å². The predicted molar refractivity (Wildman–Crippen MR) is 87.8 cm³/mol. The number of benzene rings is 1. The summed E-state index contributed by atoms with van der Waals surface area (Å²) in [5.41, 5.74) is 1.22. The number of nitrogens with one attached hydrogen (secondary N) is 2. The molecule has 120 valence electrons. The van der Waals surface area contributed by atoms with Crippen molar-refractivity contribution in [1.82, 2.24) is 10.6 Å². The molecule has 2 amide bonds. The van der Waals surface area contributed by atoms with Gasteiger partial charge in [0.25, 0.3) is 0 Å². The van der Waals surface area contributed by atoms with Crippen molar-refractivity contribution in [2.24, 2.45) is 5.92 Å². The molecular weight excluding hydrogens is 300 g/mol. The van der Waals surface area contributed by atoms with Crippen LogP contribution in [-0.2, 0) is 16.0 Å². The molecule has 0 unspecified atom stereocenters. The molecule has 0 saturated heterocycles. The Kier molecular flexibility index (Phi) is 6.72. The lowest BCUT2D eigenvalue weighted by molar-refractivity contribution is -0.123. The smallest absolute Gasteiger partial charge is 0.223 e. The van der Waals surface area contributed by atoms with Crippen molar-refractivity contribution in [3.63, 3.8) is 0 Å². The molecule has 1 fully saturated rings. The van der Waals surface area contributed by atoms with Crippen LogP contribution < -0.4 is 10.6 Å². The highest BCUT2D eigenvalue weighted by Gasteiger charge is 2.28. The highest BCUT2D eigenvalue weighted by molar-refractivity contribution is 6.30. The molecule has 0 heterocycles. The molecule has 0 spiro atoms. The lowest BCUT2D eigenvalue weighted by Crippen LogP contribution is -2.28. The molecule has 0 bridgehead atoms. The third-order valence-corrected chi connectivity index (χ3v) is 3.96. The van der Waals surface area contributed by atoms with Gasteiger partial charge in [0, 0.05) is 30.5 Å². The van der Waals surface area contributed by atoms with E-state index in [1.807, 2.05) is 24.3 Å². The molecule has 0 aromatic heterocycles. The Hall–Kier alpha value is -1.55. The minimum absolute atomic E-state index is 0.0526. The number of hydrogen-bond donors (Lipinski definition) is 2. The first-order valence-corrected chi connectivity index (χ1v) is 8.32. The Bertz CT molecular complexity index is 498. The Morgan fingerprint density at radius 1 is 1.05 bits per heavy atom. The van der Waals surface area contributed by atoms with Gasteiger partial charge in [-0.05, 0) is 49.8 Å². The zero-order valence-corrected chi connectivity index (χ0v) is 13.5. The zero-order chi connectivity index (χ0) is 15.8. The van der Waals surface area contributed by atoms with E-state index in [4.69, 9.17) is 11.6 Å². The van der Waals surface area contributed by atoms with E-state index in [-0.39, 0.29) is 17.7 Å². The second kappa shape index (κ2) is 8.79. The van der Waals surface area contributed by atoms with Gasteiger partial charge in [0.2, 0.25) is 11.8 Å². The van der Waals surface area contributed by atoms with Gasteiger partial charge in [0.1, 0.15) is 0 Å². The fourth-order valence-electron chi connectivity index (χ4n) is 2.21. The molecule has 2 rings (SSSR count). The summed E-state index contributed by atoms with van der Waals surface area (Å²) in [6.45, 7) is 1.27. The van der Waals surface area contributed by atoms with Crippen molar-refractivity contribution in [1.29, 1.82) is 0 Å². The number of carbonyl (C=O) groups is 2. The quantitative estimate of drug-likeness (QED) is 0.687. The standard InChI is InChI=1S/C17H23ClN2O2/c18-15-9-5-13(6-10-15)3-1-11-19-16(21)4-2-12-20-17(22)14-7-8-14/h5-6,9-10,14H,1-4,7-8,11-12H2,(H,19,21)(H,20,22). The fourth-order valence-corrected chi connectivity index (χ4v) is 2.34. The van der Waals surface area contributed by atoms with Crippen LogP contribution in [0.1, 0.15) is 37.7 Å². The van der Waals surface area contributed by atoms with Crippen molar-refractivity contribution < 1.29 is 9.59 Å². The maximum absolute atomic E-state index is 11.6. The summed E-state index contributed by atoms with van der Waals surface area (Å²) in [6, 6.07) is 7.77. The highest BCUT2D eigenvalue weighted by atomic mass is 35.5. The third kappa shape index (κ3) is 6.48. The topological polar surface area (TPSA) is 58.2 Å². The molecule has 22 heavy (non-hydrogen) atoms. The Balaban J connectivity index is 1.46. The van der Waals surface area contributed by atoms with Crippen LogP contribution in [0.25, 0.3) is 0 Å². The van der Waals surface area contributed by atoms with Crippen LogP contribution in [0, 0.1) is 5.92 Å². The van der Waals surface area contributed by atoms with E-state index < -0.39 is 0 Å². The zero-order valence-electron chi connectivity index (χ0n) is 12.7. The third-order valence-electron chi connectivity index (χ3n) is 3.71. The normalized spacial score (nSPS) is 13.7. The van der Waals surface area contributed by atoms with Crippen molar-refractivity contribution >= 4 is 23.4 Å². The molecule has 0 radical (unpaired) electrons. The minimum Gasteiger partial charge on any atom is -0.356 e. The predicted octanol–water partition coefficient (Wildman–Crippen LogP) is 2.70. The van der Waals surface area contributed by atoms with E-state index in [1.165, 1.54) is 5.56 Å². The minimum atomic E-state index is 0.0526. The summed E-state index contributed by atoms with van der Waals surface area (Å²) in [4.78, 5) is 23.0. The Labute approximate surface area is 136 Å². The van der Waals surface area contributed by atoms with Crippen molar-refractivity contribution in [3.8, 4) is 0 Å². The molecule has 5 heteroatoms. The summed E-state index contributed by atoms with van der Waals surface area (Å²) >= 11 is 5.83. The molecule has 1 saturated carbocycles. The second-order valence-electron chi connectivity index (χ2n) is 5.75. The number of aryl methyl sites for hydroxylation is 1. The van der Waals surface area contributed by atoms with E-state index in [9.17, 15) is 9.59 Å². The van der Waals surface area contributed by atoms with Gasteiger partial charge in [0.05, 0.1) is 0 Å². The second-order valence-corrected chi connectivity index (χ2v) is 6.19. The van der Waals surface area contributed by atoms with Crippen LogP contribution in [0.2, 0.25) is 5.02 Å². The number of hydrogen-bond acceptors (Lipinski definition) is 2. The van der Waals surface area contributed by atoms with Gasteiger partial charge < -0.3 is 10.6 Å². The van der Waals surface area contributed by atoms with Gasteiger partial charge in [-0.15, -0.1) is 0 Å². The number of rotatable bonds is 9. The van der Waals surface area contributed by atoms with Crippen molar-refractivity contribution in [2.75, 3.05) is 13.1 Å². The molecule has 2 N–H and O–H groups in total. The Morgan fingerprint density at radius 3 is 2.41 bits per heavy atom. The van der Waals surface area contributed by atoms with Crippen molar-refractivity contribution in [2.45, 2.75) is 38.5 Å². The maximum atomic E-state index is 11.6. The van der Waals surface area contributed by atoms with E-state index in [0.717, 1.165) is 30.7 Å². The summed E-state index contributed by atoms with van der Waals surface area (Å²) in [6.07, 6.45) is 5.02. The van der Waals surface area contributed by atoms with Gasteiger partial charge in [0.15, 0.2) is 0 Å². The van der Waals surface area contributed by atoms with Crippen molar-refractivity contribution in [3.05, 3.63) is 34.9 Å². The highest BCUT2D eigenvalue weighted by Crippen LogP contribution is 2.28. The first-order chi connectivity index (χ1) is 10.6. The molecular formula is C17H23ClN2O2. The maximum Gasteiger partial charge on any atom is 0.223 e. The van der Waals surface area contributed by atoms with Gasteiger partial charge in [-0.2, -0.15) is 0 Å². The SMILES string of the molecule is O=C(CCCNC(=O)C1CC1)NCCCc1ccc(Cl)cc1. The molecule has 1 aliphatic rings. The van der Waals surface area contributed by atoms with Gasteiger partial charge >= 0.3 is 0 Å². The van der Waals surface area contributed by atoms with Crippen LogP contribution in [0.5, 0.6) is 0 Å². The van der Waals surface area contributed by atoms with Crippen LogP contribution in [0.15, 0.2) is 24.3 Å². The first-order valence-electron chi connectivity index (χ1n) is 7.94. The van der Waals surface area contributed by atoms with Crippen LogP contribution in [-0.4, -0.2) is 24.9 Å². The van der Waals surface area contributed by atoms with Gasteiger partial charge in [-0.1, -0.05) is 23.7 Å². The van der Waals surface area contributed by atoms with E-state index in [0.29, 0.717) is 25.9 Å². The largest absolute Gasteiger partial charge is 0.356 e. The molecule has 0 aliphatic heterocycles. The lowest BCUT2D eigenvalue weighted by atomic mass is 10.1. The summed E-state index contributed by atoms with van der Waals surface area (Å²) in [7, 11) is 0. The summed E-state index contributed by atoms with van der Waals surface area (Å²) in [5.74, 6) is 0.432. The van der Waals surface area contributed by atoms with Gasteiger partial charge in [-0.25, -0.2) is 0 Å². The molecule has 0 atom stereocenters. The molecule has 1 aromatic carbocycles. The monoisotopic (exact) mass is 322 g/mol. The van der Waals surface area contributed by atoms with Crippen LogP contribution in [0.3, 0.4) is 0 Å². The number of carbonyl (C=O) groups excluding carboxylic acids is 2. The first kappa shape index (κ1) is 16.8. The number of halogens is 1. The average Bonchev–Trinajstić information content (AvgIpc) is 3.34. The molecule has 1 aromatic rings. The molecule has 1 aliphatic carbocycles. The van der Waals surface area contributed by atoms with Gasteiger partial charge in [-0.3, -0.25) is 9.59 Å². The van der Waals surface area contributed by atoms with Crippen LogP contribution in [0.4, 0.5) is 0 Å². The van der Waals surface area contributed by atoms with Crippen LogP contribution >= 0.6 is 11.6 Å². The average molecular weight is 323 g/mol. The summed E-state index contributed by atoms with van der Waals surface area (Å²) in [5, 5.41) is 6.51. The lowest BCUT2D eigenvalue weighted by Gasteiger charge is -2.06. The number of amides is 2. The van der Waals surface area contributed by atoms with E-state index >= 15 is 0 Å². The van der Waals surface area contributed by atoms with E-state index in [1.54, 1.807) is 0 Å². The molecule has 4 nitrogen and oxygen atoms in total.